The molecule has 0 saturated heterocycles. The molecule has 2 unspecified atom stereocenters. The van der Waals surface area contributed by atoms with Crippen LogP contribution in [0.3, 0.4) is 0 Å². The van der Waals surface area contributed by atoms with Gasteiger partial charge in [-0.05, 0) is 11.5 Å². The van der Waals surface area contributed by atoms with Gasteiger partial charge < -0.3 is 5.32 Å². The van der Waals surface area contributed by atoms with Gasteiger partial charge in [-0.25, -0.2) is 0 Å². The van der Waals surface area contributed by atoms with Crippen LogP contribution in [0.15, 0.2) is 43.0 Å². The van der Waals surface area contributed by atoms with Gasteiger partial charge >= 0.3 is 0 Å². The zero-order valence-corrected chi connectivity index (χ0v) is 9.74. The number of nitrogens with one attached hydrogen (secondary N) is 1. The summed E-state index contributed by atoms with van der Waals surface area (Å²) in [5.41, 5.74) is 1.33. The van der Waals surface area contributed by atoms with E-state index in [-0.39, 0.29) is 0 Å². The molecule has 0 fully saturated rings. The van der Waals surface area contributed by atoms with E-state index in [2.05, 4.69) is 50.0 Å². The summed E-state index contributed by atoms with van der Waals surface area (Å²) in [7, 11) is 0. The van der Waals surface area contributed by atoms with Crippen molar-refractivity contribution in [3.05, 3.63) is 48.6 Å². The zero-order chi connectivity index (χ0) is 11.1. The van der Waals surface area contributed by atoms with Gasteiger partial charge in [0.2, 0.25) is 0 Å². The first-order valence-electron chi connectivity index (χ1n) is 5.67. The topological polar surface area (TPSA) is 12.0 Å². The summed E-state index contributed by atoms with van der Waals surface area (Å²) in [4.78, 5) is 0. The van der Waals surface area contributed by atoms with Gasteiger partial charge in [-0.3, -0.25) is 0 Å². The maximum absolute atomic E-state index is 3.88. The average molecular weight is 203 g/mol. The van der Waals surface area contributed by atoms with E-state index >= 15 is 0 Å². The van der Waals surface area contributed by atoms with E-state index in [0.29, 0.717) is 12.0 Å². The fourth-order valence-corrected chi connectivity index (χ4v) is 1.60. The lowest BCUT2D eigenvalue weighted by Gasteiger charge is -2.20. The standard InChI is InChI=1S/C14H21N/c1-4-12(3)14(5-2)15-11-13-9-7-6-8-10-13/h5-10,12,14-15H,2,4,11H2,1,3H3. The van der Waals surface area contributed by atoms with Crippen molar-refractivity contribution < 1.29 is 0 Å². The lowest BCUT2D eigenvalue weighted by molar-refractivity contribution is 0.423. The summed E-state index contributed by atoms with van der Waals surface area (Å²) in [6.45, 7) is 9.27. The van der Waals surface area contributed by atoms with Crippen LogP contribution in [0.25, 0.3) is 0 Å². The van der Waals surface area contributed by atoms with Crippen molar-refractivity contribution >= 4 is 0 Å². The van der Waals surface area contributed by atoms with E-state index < -0.39 is 0 Å². The number of hydrogen-bond acceptors (Lipinski definition) is 1. The quantitative estimate of drug-likeness (QED) is 0.699. The normalized spacial score (nSPS) is 14.5. The van der Waals surface area contributed by atoms with Gasteiger partial charge in [0.1, 0.15) is 0 Å². The predicted molar refractivity (Wildman–Crippen MR) is 66.7 cm³/mol. The van der Waals surface area contributed by atoms with Crippen molar-refractivity contribution in [2.45, 2.75) is 32.9 Å². The molecule has 0 amide bonds. The fourth-order valence-electron chi connectivity index (χ4n) is 1.60. The first-order chi connectivity index (χ1) is 7.27. The van der Waals surface area contributed by atoms with Gasteiger partial charge in [-0.1, -0.05) is 56.7 Å². The van der Waals surface area contributed by atoms with Crippen LogP contribution in [-0.2, 0) is 6.54 Å². The van der Waals surface area contributed by atoms with Crippen LogP contribution in [0.4, 0.5) is 0 Å². The molecule has 0 spiro atoms. The summed E-state index contributed by atoms with van der Waals surface area (Å²) in [5, 5.41) is 3.52. The van der Waals surface area contributed by atoms with E-state index in [1.807, 2.05) is 12.1 Å². The lowest BCUT2D eigenvalue weighted by Crippen LogP contribution is -2.32. The molecule has 0 bridgehead atoms. The second kappa shape index (κ2) is 6.41. The molecule has 1 aromatic carbocycles. The van der Waals surface area contributed by atoms with E-state index in [1.54, 1.807) is 0 Å². The third kappa shape index (κ3) is 3.88. The summed E-state index contributed by atoms with van der Waals surface area (Å²) in [5.74, 6) is 0.645. The van der Waals surface area contributed by atoms with Crippen molar-refractivity contribution in [2.24, 2.45) is 5.92 Å². The van der Waals surface area contributed by atoms with E-state index in [9.17, 15) is 0 Å². The van der Waals surface area contributed by atoms with E-state index in [0.717, 1.165) is 6.54 Å². The highest BCUT2D eigenvalue weighted by molar-refractivity contribution is 5.14. The Balaban J connectivity index is 2.44. The third-order valence-corrected chi connectivity index (χ3v) is 2.90. The molecule has 0 aliphatic heterocycles. The van der Waals surface area contributed by atoms with Crippen LogP contribution in [0.1, 0.15) is 25.8 Å². The Kier molecular flexibility index (Phi) is 5.13. The Morgan fingerprint density at radius 2 is 2.00 bits per heavy atom. The van der Waals surface area contributed by atoms with Crippen LogP contribution >= 0.6 is 0 Å². The van der Waals surface area contributed by atoms with Gasteiger partial charge in [0.05, 0.1) is 0 Å². The Labute approximate surface area is 93.2 Å². The van der Waals surface area contributed by atoms with Crippen LogP contribution in [0.2, 0.25) is 0 Å². The van der Waals surface area contributed by atoms with Crippen LogP contribution in [0, 0.1) is 5.92 Å². The van der Waals surface area contributed by atoms with Crippen LogP contribution in [0.5, 0.6) is 0 Å². The minimum atomic E-state index is 0.412. The average Bonchev–Trinajstić information content (AvgIpc) is 2.31. The molecule has 0 radical (unpaired) electrons. The molecule has 0 aliphatic carbocycles. The minimum absolute atomic E-state index is 0.412. The Morgan fingerprint density at radius 1 is 1.33 bits per heavy atom. The van der Waals surface area contributed by atoms with Crippen LogP contribution < -0.4 is 5.32 Å². The van der Waals surface area contributed by atoms with Crippen molar-refractivity contribution in [2.75, 3.05) is 0 Å². The number of benzene rings is 1. The van der Waals surface area contributed by atoms with E-state index in [4.69, 9.17) is 0 Å². The Bertz CT molecular complexity index is 279. The van der Waals surface area contributed by atoms with Gasteiger partial charge in [-0.15, -0.1) is 6.58 Å². The molecule has 0 aromatic heterocycles. The molecule has 1 aromatic rings. The first-order valence-corrected chi connectivity index (χ1v) is 5.67. The van der Waals surface area contributed by atoms with Gasteiger partial charge in [0.15, 0.2) is 0 Å². The molecule has 2 atom stereocenters. The first kappa shape index (κ1) is 12.0. The Morgan fingerprint density at radius 3 is 2.53 bits per heavy atom. The highest BCUT2D eigenvalue weighted by Crippen LogP contribution is 2.09. The van der Waals surface area contributed by atoms with Gasteiger partial charge in [0.25, 0.3) is 0 Å². The molecular formula is C14H21N. The van der Waals surface area contributed by atoms with Crippen LogP contribution in [-0.4, -0.2) is 6.04 Å². The minimum Gasteiger partial charge on any atom is -0.306 e. The largest absolute Gasteiger partial charge is 0.306 e. The smallest absolute Gasteiger partial charge is 0.0276 e. The zero-order valence-electron chi connectivity index (χ0n) is 9.74. The summed E-state index contributed by atoms with van der Waals surface area (Å²) < 4.78 is 0. The maximum atomic E-state index is 3.88. The molecule has 0 aliphatic rings. The second-order valence-electron chi connectivity index (χ2n) is 4.01. The van der Waals surface area contributed by atoms with E-state index in [1.165, 1.54) is 12.0 Å². The molecule has 0 heterocycles. The monoisotopic (exact) mass is 203 g/mol. The fraction of sp³-hybridized carbons (Fsp3) is 0.429. The highest BCUT2D eigenvalue weighted by atomic mass is 14.9. The van der Waals surface area contributed by atoms with Crippen molar-refractivity contribution in [3.63, 3.8) is 0 Å². The lowest BCUT2D eigenvalue weighted by atomic mass is 9.99. The third-order valence-electron chi connectivity index (χ3n) is 2.90. The molecule has 15 heavy (non-hydrogen) atoms. The maximum Gasteiger partial charge on any atom is 0.0276 e. The number of rotatable bonds is 6. The van der Waals surface area contributed by atoms with Gasteiger partial charge in [-0.2, -0.15) is 0 Å². The molecule has 1 nitrogen and oxygen atoms in total. The Hall–Kier alpha value is -1.08. The van der Waals surface area contributed by atoms with Crippen molar-refractivity contribution in [1.29, 1.82) is 0 Å². The molecule has 0 saturated carbocycles. The predicted octanol–water partition coefficient (Wildman–Crippen LogP) is 3.38. The van der Waals surface area contributed by atoms with Crippen molar-refractivity contribution in [3.8, 4) is 0 Å². The molecular weight excluding hydrogens is 182 g/mol. The highest BCUT2D eigenvalue weighted by Gasteiger charge is 2.10. The molecule has 1 heteroatoms. The molecule has 82 valence electrons. The van der Waals surface area contributed by atoms with Gasteiger partial charge in [0, 0.05) is 12.6 Å². The van der Waals surface area contributed by atoms with Crippen molar-refractivity contribution in [1.82, 2.24) is 5.32 Å². The summed E-state index contributed by atoms with van der Waals surface area (Å²) in [6.07, 6.45) is 3.19. The SMILES string of the molecule is C=CC(NCc1ccccc1)C(C)CC. The second-order valence-corrected chi connectivity index (χ2v) is 4.01. The number of hydrogen-bond donors (Lipinski definition) is 1. The summed E-state index contributed by atoms with van der Waals surface area (Å²) >= 11 is 0. The summed E-state index contributed by atoms with van der Waals surface area (Å²) in [6, 6.07) is 10.9. The molecule has 1 rings (SSSR count). The molecule has 1 N–H and O–H groups in total.